The summed E-state index contributed by atoms with van der Waals surface area (Å²) in [5, 5.41) is 10.8. The van der Waals surface area contributed by atoms with Gasteiger partial charge in [0.15, 0.2) is 12.4 Å². The molecule has 6 rings (SSSR count). The first-order valence-electron chi connectivity index (χ1n) is 13.1. The molecule has 2 amide bonds. The molecule has 3 aliphatic rings. The number of hydrogen-bond donors (Lipinski definition) is 0. The van der Waals surface area contributed by atoms with Crippen molar-refractivity contribution in [3.05, 3.63) is 112 Å². The first-order valence-corrected chi connectivity index (χ1v) is 13.1. The largest absolute Gasteiger partial charge is 0.454 e. The summed E-state index contributed by atoms with van der Waals surface area (Å²) in [7, 11) is 0. The van der Waals surface area contributed by atoms with Crippen molar-refractivity contribution in [2.75, 3.05) is 11.5 Å². The minimum atomic E-state index is -0.748. The number of carbonyl (C=O) groups is 5. The van der Waals surface area contributed by atoms with E-state index in [0.29, 0.717) is 5.69 Å². The zero-order valence-electron chi connectivity index (χ0n) is 21.9. The summed E-state index contributed by atoms with van der Waals surface area (Å²) in [6, 6.07) is 16.4. The number of rotatable bonds is 8. The van der Waals surface area contributed by atoms with Crippen LogP contribution in [0, 0.1) is 33.8 Å². The Kier molecular flexibility index (Phi) is 6.69. The van der Waals surface area contributed by atoms with Crippen LogP contribution < -0.4 is 9.64 Å². The third-order valence-corrected chi connectivity index (χ3v) is 7.87. The Hall–Kier alpha value is -5.45. The van der Waals surface area contributed by atoms with Crippen molar-refractivity contribution in [3.8, 4) is 5.75 Å². The number of fused-ring (bicyclic) bond motifs is 5. The highest BCUT2D eigenvalue weighted by molar-refractivity contribution is 6.22. The molecule has 11 nitrogen and oxygen atoms in total. The number of esters is 2. The van der Waals surface area contributed by atoms with E-state index in [4.69, 9.17) is 9.47 Å². The van der Waals surface area contributed by atoms with Crippen molar-refractivity contribution in [3.63, 3.8) is 0 Å². The summed E-state index contributed by atoms with van der Waals surface area (Å²) in [5.41, 5.74) is 0.717. The normalized spacial score (nSPS) is 21.8. The molecule has 0 aromatic heterocycles. The fourth-order valence-electron chi connectivity index (χ4n) is 5.80. The standard InChI is InChI=1S/C31H22N2O9/c34-25(17-7-13-24(14-8-17)42-31(38)19-5-11-23(12-6-19)33(39)40)16-41-30(37)18-3-9-22(10-4-18)32-28(35)26-20-1-2-21(15-20)27(26)29(32)36/h1-14,20-21,26-27H,15-16H2. The molecule has 11 heteroatoms. The Labute approximate surface area is 238 Å². The van der Waals surface area contributed by atoms with Crippen LogP contribution in [0.3, 0.4) is 0 Å². The van der Waals surface area contributed by atoms with E-state index in [2.05, 4.69) is 0 Å². The van der Waals surface area contributed by atoms with Crippen molar-refractivity contribution in [1.82, 2.24) is 0 Å². The van der Waals surface area contributed by atoms with E-state index in [0.717, 1.165) is 6.42 Å². The minimum Gasteiger partial charge on any atom is -0.454 e. The van der Waals surface area contributed by atoms with Crippen LogP contribution in [-0.4, -0.2) is 41.1 Å². The van der Waals surface area contributed by atoms with Gasteiger partial charge in [-0.3, -0.25) is 29.4 Å². The van der Waals surface area contributed by atoms with Crippen LogP contribution in [0.4, 0.5) is 11.4 Å². The molecule has 4 unspecified atom stereocenters. The van der Waals surface area contributed by atoms with Crippen LogP contribution in [0.25, 0.3) is 0 Å². The number of Topliss-reactive ketones (excluding diaryl/α,β-unsaturated/α-hetero) is 1. The lowest BCUT2D eigenvalue weighted by atomic mass is 9.85. The first-order chi connectivity index (χ1) is 20.2. The molecule has 3 aromatic carbocycles. The second-order valence-corrected chi connectivity index (χ2v) is 10.3. The number of imide groups is 1. The number of nitrogens with zero attached hydrogens (tertiary/aromatic N) is 2. The van der Waals surface area contributed by atoms with Gasteiger partial charge in [0.2, 0.25) is 11.8 Å². The van der Waals surface area contributed by atoms with Gasteiger partial charge in [-0.25, -0.2) is 9.59 Å². The number of ether oxygens (including phenoxy) is 2. The molecule has 0 radical (unpaired) electrons. The van der Waals surface area contributed by atoms with E-state index < -0.39 is 29.3 Å². The quantitative estimate of drug-likeness (QED) is 0.0744. The van der Waals surface area contributed by atoms with Gasteiger partial charge >= 0.3 is 11.9 Å². The monoisotopic (exact) mass is 566 g/mol. The lowest BCUT2D eigenvalue weighted by Gasteiger charge is -2.17. The number of nitro benzene ring substituents is 1. The minimum absolute atomic E-state index is 0.0990. The second kappa shape index (κ2) is 10.5. The lowest BCUT2D eigenvalue weighted by molar-refractivity contribution is -0.384. The Morgan fingerprint density at radius 2 is 1.29 bits per heavy atom. The van der Waals surface area contributed by atoms with E-state index in [9.17, 15) is 34.1 Å². The summed E-state index contributed by atoms with van der Waals surface area (Å²) < 4.78 is 10.4. The molecule has 0 N–H and O–H groups in total. The molecule has 1 heterocycles. The van der Waals surface area contributed by atoms with Crippen molar-refractivity contribution in [1.29, 1.82) is 0 Å². The molecule has 2 fully saturated rings. The third kappa shape index (κ3) is 4.74. The van der Waals surface area contributed by atoms with Crippen molar-refractivity contribution in [2.24, 2.45) is 23.7 Å². The number of non-ortho nitro benzene ring substituents is 1. The Balaban J connectivity index is 1.02. The van der Waals surface area contributed by atoms with Crippen molar-refractivity contribution < 1.29 is 38.4 Å². The van der Waals surface area contributed by atoms with E-state index in [1.165, 1.54) is 77.7 Å². The number of ketones is 1. The maximum Gasteiger partial charge on any atom is 0.343 e. The molecule has 42 heavy (non-hydrogen) atoms. The predicted molar refractivity (Wildman–Crippen MR) is 146 cm³/mol. The maximum absolute atomic E-state index is 13.0. The van der Waals surface area contributed by atoms with Crippen LogP contribution >= 0.6 is 0 Å². The van der Waals surface area contributed by atoms with Gasteiger partial charge in [0, 0.05) is 17.7 Å². The Bertz CT molecular complexity index is 1630. The number of anilines is 1. The van der Waals surface area contributed by atoms with E-state index in [1.54, 1.807) is 0 Å². The molecule has 210 valence electrons. The molecule has 1 aliphatic heterocycles. The van der Waals surface area contributed by atoms with E-state index in [1.807, 2.05) is 12.2 Å². The van der Waals surface area contributed by atoms with Gasteiger partial charge in [0.1, 0.15) is 5.75 Å². The summed E-state index contributed by atoms with van der Waals surface area (Å²) in [4.78, 5) is 74.7. The van der Waals surface area contributed by atoms with E-state index >= 15 is 0 Å². The molecule has 4 atom stereocenters. The highest BCUT2D eigenvalue weighted by atomic mass is 16.6. The average Bonchev–Trinajstić information content (AvgIpc) is 3.69. The molecule has 0 spiro atoms. The van der Waals surface area contributed by atoms with Crippen LogP contribution in [0.15, 0.2) is 84.9 Å². The molecular weight excluding hydrogens is 544 g/mol. The van der Waals surface area contributed by atoms with Gasteiger partial charge in [0.25, 0.3) is 5.69 Å². The molecule has 2 bridgehead atoms. The summed E-state index contributed by atoms with van der Waals surface area (Å²) in [5.74, 6) is -2.69. The highest BCUT2D eigenvalue weighted by Crippen LogP contribution is 2.53. The summed E-state index contributed by atoms with van der Waals surface area (Å²) in [6.07, 6.45) is 4.88. The van der Waals surface area contributed by atoms with Crippen LogP contribution in [0.1, 0.15) is 37.5 Å². The van der Waals surface area contributed by atoms with Gasteiger partial charge < -0.3 is 9.47 Å². The molecule has 3 aromatic rings. The zero-order chi connectivity index (χ0) is 29.5. The van der Waals surface area contributed by atoms with Crippen LogP contribution in [0.5, 0.6) is 5.75 Å². The van der Waals surface area contributed by atoms with Crippen LogP contribution in [0.2, 0.25) is 0 Å². The number of allylic oxidation sites excluding steroid dienone is 2. The molecule has 1 saturated heterocycles. The van der Waals surface area contributed by atoms with Gasteiger partial charge in [-0.2, -0.15) is 0 Å². The van der Waals surface area contributed by atoms with Gasteiger partial charge in [0.05, 0.1) is 33.6 Å². The molecule has 2 aliphatic carbocycles. The Morgan fingerprint density at radius 3 is 1.86 bits per heavy atom. The third-order valence-electron chi connectivity index (χ3n) is 7.87. The second-order valence-electron chi connectivity index (χ2n) is 10.3. The predicted octanol–water partition coefficient (Wildman–Crippen LogP) is 4.17. The molecular formula is C31H22N2O9. The number of nitro groups is 1. The number of carbonyl (C=O) groups excluding carboxylic acids is 5. The average molecular weight is 567 g/mol. The van der Waals surface area contributed by atoms with Crippen LogP contribution in [-0.2, 0) is 14.3 Å². The fraction of sp³-hybridized carbons (Fsp3) is 0.194. The fourth-order valence-corrected chi connectivity index (χ4v) is 5.80. The van der Waals surface area contributed by atoms with Gasteiger partial charge in [-0.15, -0.1) is 0 Å². The van der Waals surface area contributed by atoms with Gasteiger partial charge in [-0.05, 0) is 78.9 Å². The number of amides is 2. The first kappa shape index (κ1) is 26.8. The SMILES string of the molecule is O=C(COC(=O)c1ccc(N2C(=O)C3C4C=CC(C4)C3C2=O)cc1)c1ccc(OC(=O)c2ccc([N+](=O)[O-])cc2)cc1. The topological polar surface area (TPSA) is 150 Å². The smallest absolute Gasteiger partial charge is 0.343 e. The van der Waals surface area contributed by atoms with Crippen molar-refractivity contribution in [2.45, 2.75) is 6.42 Å². The molecule has 1 saturated carbocycles. The maximum atomic E-state index is 13.0. The summed E-state index contributed by atoms with van der Waals surface area (Å²) >= 11 is 0. The van der Waals surface area contributed by atoms with Crippen molar-refractivity contribution >= 4 is 40.9 Å². The van der Waals surface area contributed by atoms with Gasteiger partial charge in [-0.1, -0.05) is 12.2 Å². The number of hydrogen-bond acceptors (Lipinski definition) is 9. The lowest BCUT2D eigenvalue weighted by Crippen LogP contribution is -2.32. The van der Waals surface area contributed by atoms with E-state index in [-0.39, 0.29) is 63.6 Å². The zero-order valence-corrected chi connectivity index (χ0v) is 21.9. The highest BCUT2D eigenvalue weighted by Gasteiger charge is 2.59. The Morgan fingerprint density at radius 1 is 0.762 bits per heavy atom. The number of benzene rings is 3. The summed E-state index contributed by atoms with van der Waals surface area (Å²) in [6.45, 7) is -0.537.